The molecule has 5 nitrogen and oxygen atoms in total. The molecule has 0 fully saturated rings. The standard InChI is InChI=1S/C19H12Cl4O5S/c20-12-3-1-10(2-4-12)19(29(26,27)28,14-9-13(24)5-6-15(14)21)11-7-16(22)18(23)17(25)8-11/h1-9,24-25H,(H,26,27,28). The first-order valence-electron chi connectivity index (χ1n) is 7.89. The molecule has 0 spiro atoms. The molecule has 1 atom stereocenters. The SMILES string of the molecule is O=S(=O)(O)C(c1ccc(Cl)cc1)(c1cc(O)c(Cl)c(Cl)c1)c1cc(O)ccc1Cl. The number of halogens is 4. The monoisotopic (exact) mass is 492 g/mol. The lowest BCUT2D eigenvalue weighted by Gasteiger charge is -2.33. The Morgan fingerprint density at radius 1 is 0.759 bits per heavy atom. The number of phenols is 2. The Morgan fingerprint density at radius 3 is 1.93 bits per heavy atom. The largest absolute Gasteiger partial charge is 0.508 e. The van der Waals surface area contributed by atoms with E-state index in [1.165, 1.54) is 42.5 Å². The van der Waals surface area contributed by atoms with Crippen LogP contribution in [0.5, 0.6) is 11.5 Å². The van der Waals surface area contributed by atoms with Crippen LogP contribution in [0, 0.1) is 0 Å². The van der Waals surface area contributed by atoms with Crippen molar-refractivity contribution in [3.05, 3.63) is 91.4 Å². The van der Waals surface area contributed by atoms with Crippen molar-refractivity contribution in [2.24, 2.45) is 0 Å². The molecule has 10 heteroatoms. The zero-order chi connectivity index (χ0) is 21.6. The minimum Gasteiger partial charge on any atom is -0.508 e. The molecular weight excluding hydrogens is 482 g/mol. The van der Waals surface area contributed by atoms with Gasteiger partial charge in [-0.1, -0.05) is 58.5 Å². The van der Waals surface area contributed by atoms with Crippen LogP contribution in [0.3, 0.4) is 0 Å². The van der Waals surface area contributed by atoms with Crippen molar-refractivity contribution in [1.82, 2.24) is 0 Å². The minimum atomic E-state index is -5.04. The highest BCUT2D eigenvalue weighted by molar-refractivity contribution is 7.87. The summed E-state index contributed by atoms with van der Waals surface area (Å²) < 4.78 is 34.0. The molecule has 3 aromatic rings. The Bertz CT molecular complexity index is 1170. The smallest absolute Gasteiger partial charge is 0.283 e. The zero-order valence-electron chi connectivity index (χ0n) is 14.3. The van der Waals surface area contributed by atoms with Gasteiger partial charge in [0.25, 0.3) is 10.1 Å². The van der Waals surface area contributed by atoms with Crippen molar-refractivity contribution >= 4 is 56.5 Å². The summed E-state index contributed by atoms with van der Waals surface area (Å²) in [6.45, 7) is 0. The third kappa shape index (κ3) is 3.77. The van der Waals surface area contributed by atoms with Gasteiger partial charge >= 0.3 is 0 Å². The molecule has 152 valence electrons. The summed E-state index contributed by atoms with van der Waals surface area (Å²) in [5.74, 6) is -0.803. The molecule has 3 rings (SSSR count). The zero-order valence-corrected chi connectivity index (χ0v) is 18.1. The van der Waals surface area contributed by atoms with E-state index in [1.54, 1.807) is 0 Å². The fourth-order valence-electron chi connectivity index (χ4n) is 3.16. The van der Waals surface area contributed by atoms with Crippen LogP contribution >= 0.6 is 46.4 Å². The van der Waals surface area contributed by atoms with Crippen molar-refractivity contribution < 1.29 is 23.2 Å². The van der Waals surface area contributed by atoms with E-state index in [2.05, 4.69) is 0 Å². The van der Waals surface area contributed by atoms with Crippen LogP contribution in [0.25, 0.3) is 0 Å². The van der Waals surface area contributed by atoms with Gasteiger partial charge in [0.1, 0.15) is 16.5 Å². The van der Waals surface area contributed by atoms with Gasteiger partial charge in [-0.15, -0.1) is 0 Å². The average Bonchev–Trinajstić information content (AvgIpc) is 2.63. The Hall–Kier alpha value is -1.67. The molecule has 0 bridgehead atoms. The van der Waals surface area contributed by atoms with E-state index in [1.807, 2.05) is 0 Å². The molecule has 3 aromatic carbocycles. The van der Waals surface area contributed by atoms with Crippen LogP contribution < -0.4 is 0 Å². The predicted octanol–water partition coefficient (Wildman–Crippen LogP) is 5.89. The summed E-state index contributed by atoms with van der Waals surface area (Å²) in [6.07, 6.45) is 0. The maximum Gasteiger partial charge on any atom is 0.283 e. The maximum atomic E-state index is 12.9. The fraction of sp³-hybridized carbons (Fsp3) is 0.0526. The van der Waals surface area contributed by atoms with Crippen molar-refractivity contribution in [2.75, 3.05) is 0 Å². The average molecular weight is 494 g/mol. The van der Waals surface area contributed by atoms with E-state index < -0.39 is 20.6 Å². The molecule has 0 aliphatic rings. The molecule has 29 heavy (non-hydrogen) atoms. The van der Waals surface area contributed by atoms with Crippen LogP contribution in [-0.2, 0) is 14.9 Å². The second-order valence-corrected chi connectivity index (χ2v) is 9.31. The number of aromatic hydroxyl groups is 2. The number of benzene rings is 3. The van der Waals surface area contributed by atoms with E-state index in [9.17, 15) is 23.2 Å². The molecule has 0 aliphatic heterocycles. The minimum absolute atomic E-state index is 0.0367. The van der Waals surface area contributed by atoms with Crippen LogP contribution in [0.1, 0.15) is 16.7 Å². The van der Waals surface area contributed by atoms with Gasteiger partial charge < -0.3 is 10.2 Å². The molecule has 0 amide bonds. The topological polar surface area (TPSA) is 94.8 Å². The van der Waals surface area contributed by atoms with Gasteiger partial charge in [-0.3, -0.25) is 4.55 Å². The highest BCUT2D eigenvalue weighted by atomic mass is 35.5. The van der Waals surface area contributed by atoms with Crippen LogP contribution in [0.2, 0.25) is 20.1 Å². The number of rotatable bonds is 4. The van der Waals surface area contributed by atoms with E-state index in [4.69, 9.17) is 46.4 Å². The van der Waals surface area contributed by atoms with E-state index >= 15 is 0 Å². The van der Waals surface area contributed by atoms with Crippen molar-refractivity contribution in [3.63, 3.8) is 0 Å². The predicted molar refractivity (Wildman–Crippen MR) is 114 cm³/mol. The first kappa shape index (κ1) is 22.0. The molecule has 3 N–H and O–H groups in total. The van der Waals surface area contributed by atoms with Gasteiger partial charge in [-0.05, 0) is 53.6 Å². The molecule has 0 saturated carbocycles. The first-order chi connectivity index (χ1) is 13.5. The second kappa shape index (κ2) is 7.87. The highest BCUT2D eigenvalue weighted by Crippen LogP contribution is 2.49. The third-order valence-corrected chi connectivity index (χ3v) is 7.22. The van der Waals surface area contributed by atoms with E-state index in [0.717, 1.165) is 12.1 Å². The number of hydrogen-bond acceptors (Lipinski definition) is 4. The fourth-order valence-corrected chi connectivity index (χ4v) is 5.22. The number of phenolic OH excluding ortho intramolecular Hbond substituents is 2. The molecule has 1 unspecified atom stereocenters. The number of hydrogen-bond donors (Lipinski definition) is 3. The lowest BCUT2D eigenvalue weighted by molar-refractivity contribution is 0.455. The van der Waals surface area contributed by atoms with Crippen LogP contribution in [0.15, 0.2) is 54.6 Å². The molecule has 0 aliphatic carbocycles. The van der Waals surface area contributed by atoms with Crippen LogP contribution in [0.4, 0.5) is 0 Å². The molecular formula is C19H12Cl4O5S. The molecule has 0 radical (unpaired) electrons. The summed E-state index contributed by atoms with van der Waals surface area (Å²) in [4.78, 5) is 0. The second-order valence-electron chi connectivity index (χ2n) is 6.12. The van der Waals surface area contributed by atoms with Crippen molar-refractivity contribution in [1.29, 1.82) is 0 Å². The highest BCUT2D eigenvalue weighted by Gasteiger charge is 2.50. The quantitative estimate of drug-likeness (QED) is 0.311. The molecule has 0 saturated heterocycles. The van der Waals surface area contributed by atoms with Gasteiger partial charge in [0.15, 0.2) is 4.75 Å². The maximum absolute atomic E-state index is 12.9. The van der Waals surface area contributed by atoms with Crippen molar-refractivity contribution in [2.45, 2.75) is 4.75 Å². The van der Waals surface area contributed by atoms with Gasteiger partial charge in [-0.2, -0.15) is 8.42 Å². The summed E-state index contributed by atoms with van der Waals surface area (Å²) in [7, 11) is -5.04. The Kier molecular flexibility index (Phi) is 5.98. The van der Waals surface area contributed by atoms with Crippen molar-refractivity contribution in [3.8, 4) is 11.5 Å². The van der Waals surface area contributed by atoms with Gasteiger partial charge in [0.2, 0.25) is 0 Å². The third-order valence-electron chi connectivity index (χ3n) is 4.38. The van der Waals surface area contributed by atoms with E-state index in [0.29, 0.717) is 5.02 Å². The first-order valence-corrected chi connectivity index (χ1v) is 10.8. The van der Waals surface area contributed by atoms with Gasteiger partial charge in [0, 0.05) is 15.6 Å². The lowest BCUT2D eigenvalue weighted by Crippen LogP contribution is -2.38. The molecule has 0 aromatic heterocycles. The summed E-state index contributed by atoms with van der Waals surface area (Å²) in [5, 5.41) is 20.1. The Morgan fingerprint density at radius 2 is 1.38 bits per heavy atom. The Labute approximate surface area is 186 Å². The Balaban J connectivity index is 2.58. The van der Waals surface area contributed by atoms with Gasteiger partial charge in [-0.25, -0.2) is 0 Å². The summed E-state index contributed by atoms with van der Waals surface area (Å²) in [5.41, 5.74) is -0.279. The lowest BCUT2D eigenvalue weighted by atomic mass is 9.83. The van der Waals surface area contributed by atoms with Crippen LogP contribution in [-0.4, -0.2) is 23.2 Å². The summed E-state index contributed by atoms with van der Waals surface area (Å²) in [6, 6.07) is 11.5. The summed E-state index contributed by atoms with van der Waals surface area (Å²) >= 11 is 24.2. The molecule has 0 heterocycles. The van der Waals surface area contributed by atoms with Gasteiger partial charge in [0.05, 0.1) is 5.02 Å². The normalized spacial score (nSPS) is 13.8. The van der Waals surface area contributed by atoms with E-state index in [-0.39, 0.29) is 37.5 Å².